The second-order valence-corrected chi connectivity index (χ2v) is 7.05. The van der Waals surface area contributed by atoms with E-state index in [4.69, 9.17) is 4.42 Å². The molecule has 8 nitrogen and oxygen atoms in total. The average molecular weight is 398 g/mol. The molecule has 0 atom stereocenters. The van der Waals surface area contributed by atoms with E-state index >= 15 is 0 Å². The number of carbonyl (C=O) groups excluding carboxylic acids is 1. The lowest BCUT2D eigenvalue weighted by Gasteiger charge is -2.06. The molecule has 1 aromatic heterocycles. The number of nitrogens with zero attached hydrogens (tertiary/aromatic N) is 3. The van der Waals surface area contributed by atoms with Gasteiger partial charge in [0.25, 0.3) is 16.8 Å². The van der Waals surface area contributed by atoms with E-state index in [1.54, 1.807) is 6.92 Å². The molecule has 0 bridgehead atoms. The third-order valence-electron chi connectivity index (χ3n) is 4.08. The number of thioether (sulfide) groups is 1. The standard InChI is InChI=1S/C19H18N4O4S/c1-12-6-8-14(9-7-12)11-28-19-22-21-17(27-19)10-20-18(24)15-4-3-5-16(13(15)2)23(25)26/h3-9H,10-11H2,1-2H3,(H,20,24). The summed E-state index contributed by atoms with van der Waals surface area (Å²) in [5.41, 5.74) is 2.79. The van der Waals surface area contributed by atoms with E-state index in [2.05, 4.69) is 15.5 Å². The number of amides is 1. The summed E-state index contributed by atoms with van der Waals surface area (Å²) in [4.78, 5) is 22.8. The van der Waals surface area contributed by atoms with Crippen molar-refractivity contribution >= 4 is 23.4 Å². The predicted molar refractivity (Wildman–Crippen MR) is 104 cm³/mol. The van der Waals surface area contributed by atoms with Crippen molar-refractivity contribution in [2.24, 2.45) is 0 Å². The van der Waals surface area contributed by atoms with E-state index in [9.17, 15) is 14.9 Å². The van der Waals surface area contributed by atoms with Crippen molar-refractivity contribution in [2.45, 2.75) is 31.4 Å². The van der Waals surface area contributed by atoms with Crippen LogP contribution in [0, 0.1) is 24.0 Å². The molecule has 1 N–H and O–H groups in total. The van der Waals surface area contributed by atoms with Gasteiger partial charge in [0.05, 0.1) is 11.5 Å². The maximum absolute atomic E-state index is 12.3. The number of benzene rings is 2. The highest BCUT2D eigenvalue weighted by molar-refractivity contribution is 7.98. The largest absolute Gasteiger partial charge is 0.414 e. The van der Waals surface area contributed by atoms with Gasteiger partial charge in [0.2, 0.25) is 5.89 Å². The number of nitrogens with one attached hydrogen (secondary N) is 1. The monoisotopic (exact) mass is 398 g/mol. The number of aryl methyl sites for hydroxylation is 1. The highest BCUT2D eigenvalue weighted by atomic mass is 32.2. The average Bonchev–Trinajstić information content (AvgIpc) is 3.13. The van der Waals surface area contributed by atoms with Crippen LogP contribution in [0.5, 0.6) is 0 Å². The molecule has 28 heavy (non-hydrogen) atoms. The second-order valence-electron chi connectivity index (χ2n) is 6.13. The maximum atomic E-state index is 12.3. The van der Waals surface area contributed by atoms with Gasteiger partial charge < -0.3 is 9.73 Å². The molecule has 0 aliphatic heterocycles. The molecule has 144 valence electrons. The summed E-state index contributed by atoms with van der Waals surface area (Å²) in [5.74, 6) is 0.525. The summed E-state index contributed by atoms with van der Waals surface area (Å²) < 4.78 is 5.53. The molecule has 3 aromatic rings. The highest BCUT2D eigenvalue weighted by Crippen LogP contribution is 2.22. The van der Waals surface area contributed by atoms with Gasteiger partial charge >= 0.3 is 0 Å². The first-order chi connectivity index (χ1) is 13.4. The van der Waals surface area contributed by atoms with E-state index in [1.165, 1.54) is 35.5 Å². The van der Waals surface area contributed by atoms with Gasteiger partial charge in [-0.1, -0.05) is 47.7 Å². The summed E-state index contributed by atoms with van der Waals surface area (Å²) >= 11 is 1.41. The Labute approximate surface area is 165 Å². The van der Waals surface area contributed by atoms with Crippen LogP contribution < -0.4 is 5.32 Å². The number of nitro groups is 1. The first kappa shape index (κ1) is 19.6. The second kappa shape index (κ2) is 8.66. The molecular formula is C19H18N4O4S. The van der Waals surface area contributed by atoms with Crippen LogP contribution in [0.1, 0.15) is 32.9 Å². The molecule has 3 rings (SSSR count). The smallest absolute Gasteiger partial charge is 0.276 e. The van der Waals surface area contributed by atoms with Gasteiger partial charge in [-0.3, -0.25) is 14.9 Å². The topological polar surface area (TPSA) is 111 Å². The molecule has 0 spiro atoms. The minimum atomic E-state index is -0.512. The van der Waals surface area contributed by atoms with Crippen LogP contribution in [0.3, 0.4) is 0 Å². The van der Waals surface area contributed by atoms with Crippen LogP contribution >= 0.6 is 11.8 Å². The van der Waals surface area contributed by atoms with Crippen LogP contribution in [0.15, 0.2) is 52.1 Å². The number of rotatable bonds is 7. The third kappa shape index (κ3) is 4.74. The van der Waals surface area contributed by atoms with Crippen LogP contribution in [-0.2, 0) is 12.3 Å². The van der Waals surface area contributed by atoms with Crippen molar-refractivity contribution in [1.82, 2.24) is 15.5 Å². The Morgan fingerprint density at radius 2 is 1.93 bits per heavy atom. The van der Waals surface area contributed by atoms with Crippen LogP contribution in [-0.4, -0.2) is 21.0 Å². The van der Waals surface area contributed by atoms with Crippen molar-refractivity contribution < 1.29 is 14.1 Å². The lowest BCUT2D eigenvalue weighted by molar-refractivity contribution is -0.385. The Kier molecular flexibility index (Phi) is 6.05. The first-order valence-electron chi connectivity index (χ1n) is 8.47. The molecular weight excluding hydrogens is 380 g/mol. The molecule has 0 unspecified atom stereocenters. The first-order valence-corrected chi connectivity index (χ1v) is 9.45. The van der Waals surface area contributed by atoms with Gasteiger partial charge in [0.15, 0.2) is 0 Å². The van der Waals surface area contributed by atoms with Crippen molar-refractivity contribution in [1.29, 1.82) is 0 Å². The van der Waals surface area contributed by atoms with Gasteiger partial charge in [-0.15, -0.1) is 10.2 Å². The maximum Gasteiger partial charge on any atom is 0.276 e. The Balaban J connectivity index is 1.57. The summed E-state index contributed by atoms with van der Waals surface area (Å²) in [6, 6.07) is 12.5. The number of hydrogen-bond donors (Lipinski definition) is 1. The molecule has 0 aliphatic rings. The Bertz CT molecular complexity index is 1000. The zero-order valence-corrected chi connectivity index (χ0v) is 16.2. The van der Waals surface area contributed by atoms with Gasteiger partial charge in [-0.25, -0.2) is 0 Å². The zero-order chi connectivity index (χ0) is 20.1. The summed E-state index contributed by atoms with van der Waals surface area (Å²) in [5, 5.41) is 21.9. The number of nitro benzene ring substituents is 1. The van der Waals surface area contributed by atoms with Gasteiger partial charge in [-0.05, 0) is 25.5 Å². The van der Waals surface area contributed by atoms with Crippen LogP contribution in [0.25, 0.3) is 0 Å². The molecule has 2 aromatic carbocycles. The summed E-state index contributed by atoms with van der Waals surface area (Å²) in [7, 11) is 0. The highest BCUT2D eigenvalue weighted by Gasteiger charge is 2.18. The molecule has 0 saturated carbocycles. The van der Waals surface area contributed by atoms with Gasteiger partial charge in [-0.2, -0.15) is 0 Å². The SMILES string of the molecule is Cc1ccc(CSc2nnc(CNC(=O)c3cccc([N+](=O)[O-])c3C)o2)cc1. The van der Waals surface area contributed by atoms with Gasteiger partial charge in [0.1, 0.15) is 0 Å². The van der Waals surface area contributed by atoms with Crippen molar-refractivity contribution in [3.05, 3.63) is 80.7 Å². The Hall–Kier alpha value is -3.20. The Morgan fingerprint density at radius 1 is 1.18 bits per heavy atom. The van der Waals surface area contributed by atoms with Crippen molar-refractivity contribution in [2.75, 3.05) is 0 Å². The van der Waals surface area contributed by atoms with E-state index in [-0.39, 0.29) is 23.7 Å². The fraction of sp³-hybridized carbons (Fsp3) is 0.211. The number of aromatic nitrogens is 2. The molecule has 0 saturated heterocycles. The molecule has 9 heteroatoms. The van der Waals surface area contributed by atoms with Crippen LogP contribution in [0.4, 0.5) is 5.69 Å². The Morgan fingerprint density at radius 3 is 2.64 bits per heavy atom. The van der Waals surface area contributed by atoms with E-state index in [1.807, 2.05) is 31.2 Å². The lowest BCUT2D eigenvalue weighted by atomic mass is 10.1. The summed E-state index contributed by atoms with van der Waals surface area (Å²) in [6.45, 7) is 3.61. The van der Waals surface area contributed by atoms with Crippen molar-refractivity contribution in [3.8, 4) is 0 Å². The normalized spacial score (nSPS) is 10.6. The predicted octanol–water partition coefficient (Wildman–Crippen LogP) is 3.82. The van der Waals surface area contributed by atoms with Gasteiger partial charge in [0, 0.05) is 22.9 Å². The molecule has 1 amide bonds. The molecule has 1 heterocycles. The van der Waals surface area contributed by atoms with Crippen molar-refractivity contribution in [3.63, 3.8) is 0 Å². The zero-order valence-electron chi connectivity index (χ0n) is 15.3. The number of carbonyl (C=O) groups is 1. The molecule has 0 aliphatic carbocycles. The fourth-order valence-electron chi connectivity index (χ4n) is 2.52. The summed E-state index contributed by atoms with van der Waals surface area (Å²) in [6.07, 6.45) is 0. The molecule has 0 radical (unpaired) electrons. The van der Waals surface area contributed by atoms with E-state index in [0.717, 1.165) is 5.56 Å². The minimum Gasteiger partial charge on any atom is -0.414 e. The van der Waals surface area contributed by atoms with Crippen LogP contribution in [0.2, 0.25) is 0 Å². The number of hydrogen-bond acceptors (Lipinski definition) is 7. The lowest BCUT2D eigenvalue weighted by Crippen LogP contribution is -2.24. The van der Waals surface area contributed by atoms with E-state index < -0.39 is 10.8 Å². The molecule has 0 fully saturated rings. The van der Waals surface area contributed by atoms with E-state index in [0.29, 0.717) is 16.5 Å². The third-order valence-corrected chi connectivity index (χ3v) is 4.97. The fourth-order valence-corrected chi connectivity index (χ4v) is 3.25. The quantitative estimate of drug-likeness (QED) is 0.366. The minimum absolute atomic E-state index is 0.0407.